The zero-order valence-electron chi connectivity index (χ0n) is 11.0. The Balaban J connectivity index is 2.31. The van der Waals surface area contributed by atoms with Crippen molar-refractivity contribution in [2.75, 3.05) is 17.4 Å². The lowest BCUT2D eigenvalue weighted by molar-refractivity contribution is -0.384. The van der Waals surface area contributed by atoms with Crippen LogP contribution in [0.2, 0.25) is 0 Å². The summed E-state index contributed by atoms with van der Waals surface area (Å²) in [5.41, 5.74) is 2.45. The van der Waals surface area contributed by atoms with E-state index in [0.717, 1.165) is 25.7 Å². The van der Waals surface area contributed by atoms with E-state index < -0.39 is 4.92 Å². The predicted molar refractivity (Wildman–Crippen MR) is 74.0 cm³/mol. The van der Waals surface area contributed by atoms with Crippen molar-refractivity contribution < 1.29 is 4.92 Å². The van der Waals surface area contributed by atoms with Crippen molar-refractivity contribution in [1.29, 1.82) is 0 Å². The molecule has 1 saturated carbocycles. The fourth-order valence-corrected chi connectivity index (χ4v) is 2.56. The number of rotatable bonds is 4. The van der Waals surface area contributed by atoms with Gasteiger partial charge in [0.1, 0.15) is 5.82 Å². The zero-order chi connectivity index (χ0) is 13.8. The van der Waals surface area contributed by atoms with Crippen molar-refractivity contribution in [1.82, 2.24) is 4.98 Å². The molecule has 1 aromatic heterocycles. The maximum atomic E-state index is 11.1. The van der Waals surface area contributed by atoms with E-state index >= 15 is 0 Å². The van der Waals surface area contributed by atoms with Crippen molar-refractivity contribution in [3.8, 4) is 0 Å². The summed E-state index contributed by atoms with van der Waals surface area (Å²) in [5, 5.41) is 11.1. The molecule has 1 fully saturated rings. The molecule has 0 saturated heterocycles. The van der Waals surface area contributed by atoms with Crippen molar-refractivity contribution in [3.05, 3.63) is 22.2 Å². The predicted octanol–water partition coefficient (Wildman–Crippen LogP) is 2.04. The highest BCUT2D eigenvalue weighted by atomic mass is 16.6. The summed E-state index contributed by atoms with van der Waals surface area (Å²) in [5.74, 6) is 6.14. The van der Waals surface area contributed by atoms with Crippen molar-refractivity contribution >= 4 is 17.3 Å². The number of nitrogens with one attached hydrogen (secondary N) is 1. The van der Waals surface area contributed by atoms with Crippen LogP contribution in [0.1, 0.15) is 32.1 Å². The van der Waals surface area contributed by atoms with Crippen LogP contribution in [0.3, 0.4) is 0 Å². The summed E-state index contributed by atoms with van der Waals surface area (Å²) >= 11 is 0. The maximum Gasteiger partial charge on any atom is 0.311 e. The van der Waals surface area contributed by atoms with E-state index in [1.165, 1.54) is 18.6 Å². The normalized spacial score (nSPS) is 16.1. The second-order valence-corrected chi connectivity index (χ2v) is 4.84. The SMILES string of the molecule is CN(c1nc(NN)ccc1[N+](=O)[O-])C1CCCCC1. The van der Waals surface area contributed by atoms with Gasteiger partial charge in [-0.15, -0.1) is 0 Å². The molecule has 0 spiro atoms. The summed E-state index contributed by atoms with van der Waals surface area (Å²) in [6.45, 7) is 0. The Morgan fingerprint density at radius 2 is 2.11 bits per heavy atom. The number of pyridine rings is 1. The molecule has 7 heteroatoms. The number of nitro groups is 1. The smallest absolute Gasteiger partial charge is 0.311 e. The monoisotopic (exact) mass is 265 g/mol. The van der Waals surface area contributed by atoms with Crippen LogP contribution in [0.4, 0.5) is 17.3 Å². The highest BCUT2D eigenvalue weighted by Gasteiger charge is 2.26. The summed E-state index contributed by atoms with van der Waals surface area (Å²) in [4.78, 5) is 16.8. The summed E-state index contributed by atoms with van der Waals surface area (Å²) in [7, 11) is 1.87. The minimum Gasteiger partial charge on any atom is -0.351 e. The number of anilines is 2. The number of hydrogen-bond acceptors (Lipinski definition) is 6. The first-order valence-corrected chi connectivity index (χ1v) is 6.48. The lowest BCUT2D eigenvalue weighted by atomic mass is 9.94. The molecule has 1 aliphatic rings. The number of nitrogen functional groups attached to an aromatic ring is 1. The van der Waals surface area contributed by atoms with E-state index in [1.54, 1.807) is 0 Å². The van der Waals surface area contributed by atoms with E-state index in [1.807, 2.05) is 11.9 Å². The molecule has 0 radical (unpaired) electrons. The van der Waals surface area contributed by atoms with Crippen LogP contribution in [0, 0.1) is 10.1 Å². The van der Waals surface area contributed by atoms with Gasteiger partial charge in [0, 0.05) is 19.2 Å². The van der Waals surface area contributed by atoms with Gasteiger partial charge in [-0.05, 0) is 18.9 Å². The lowest BCUT2D eigenvalue weighted by Gasteiger charge is -2.31. The topological polar surface area (TPSA) is 97.3 Å². The third-order valence-corrected chi connectivity index (χ3v) is 3.66. The average Bonchev–Trinajstić information content (AvgIpc) is 2.46. The second-order valence-electron chi connectivity index (χ2n) is 4.84. The van der Waals surface area contributed by atoms with Gasteiger partial charge < -0.3 is 10.3 Å². The van der Waals surface area contributed by atoms with Gasteiger partial charge in [0.15, 0.2) is 0 Å². The Kier molecular flexibility index (Phi) is 4.16. The van der Waals surface area contributed by atoms with Gasteiger partial charge in [-0.3, -0.25) is 10.1 Å². The molecule has 7 nitrogen and oxygen atoms in total. The molecular weight excluding hydrogens is 246 g/mol. The average molecular weight is 265 g/mol. The molecule has 104 valence electrons. The standard InChI is InChI=1S/C12H19N5O2/c1-16(9-5-3-2-4-6-9)12-10(17(18)19)7-8-11(14-12)15-13/h7-9H,2-6,13H2,1H3,(H,14,15). The van der Waals surface area contributed by atoms with E-state index in [4.69, 9.17) is 5.84 Å². The molecule has 3 N–H and O–H groups in total. The molecule has 0 amide bonds. The molecule has 19 heavy (non-hydrogen) atoms. The van der Waals surface area contributed by atoms with Gasteiger partial charge >= 0.3 is 5.69 Å². The first-order chi connectivity index (χ1) is 9.13. The highest BCUT2D eigenvalue weighted by molar-refractivity contribution is 5.61. The molecule has 0 unspecified atom stereocenters. The summed E-state index contributed by atoms with van der Waals surface area (Å²) in [6.07, 6.45) is 5.67. The molecule has 0 bridgehead atoms. The van der Waals surface area contributed by atoms with E-state index in [2.05, 4.69) is 10.4 Å². The van der Waals surface area contributed by atoms with Gasteiger partial charge in [-0.25, -0.2) is 10.8 Å². The number of hydrogen-bond donors (Lipinski definition) is 2. The fourth-order valence-electron chi connectivity index (χ4n) is 2.56. The Morgan fingerprint density at radius 1 is 1.42 bits per heavy atom. The van der Waals surface area contributed by atoms with Crippen molar-refractivity contribution in [2.45, 2.75) is 38.1 Å². The molecule has 1 aliphatic carbocycles. The van der Waals surface area contributed by atoms with Gasteiger partial charge in [0.2, 0.25) is 5.82 Å². The Labute approximate surface area is 111 Å². The summed E-state index contributed by atoms with van der Waals surface area (Å²) in [6, 6.07) is 3.26. The third-order valence-electron chi connectivity index (χ3n) is 3.66. The number of nitrogens with zero attached hydrogens (tertiary/aromatic N) is 3. The summed E-state index contributed by atoms with van der Waals surface area (Å²) < 4.78 is 0. The Bertz CT molecular complexity index is 459. The number of hydrazine groups is 1. The van der Waals surface area contributed by atoms with Gasteiger partial charge in [0.25, 0.3) is 0 Å². The molecular formula is C12H19N5O2. The third kappa shape index (κ3) is 2.93. The largest absolute Gasteiger partial charge is 0.351 e. The second kappa shape index (κ2) is 5.83. The van der Waals surface area contributed by atoms with Crippen LogP contribution in [0.25, 0.3) is 0 Å². The van der Waals surface area contributed by atoms with Crippen molar-refractivity contribution in [3.63, 3.8) is 0 Å². The van der Waals surface area contributed by atoms with Crippen LogP contribution in [-0.4, -0.2) is 23.0 Å². The quantitative estimate of drug-likeness (QED) is 0.491. The highest BCUT2D eigenvalue weighted by Crippen LogP contribution is 2.31. The molecule has 1 aromatic rings. The molecule has 1 heterocycles. The van der Waals surface area contributed by atoms with Crippen LogP contribution in [0.5, 0.6) is 0 Å². The maximum absolute atomic E-state index is 11.1. The Hall–Kier alpha value is -1.89. The van der Waals surface area contributed by atoms with Gasteiger partial charge in [-0.1, -0.05) is 19.3 Å². The first-order valence-electron chi connectivity index (χ1n) is 6.48. The first kappa shape index (κ1) is 13.5. The lowest BCUT2D eigenvalue weighted by Crippen LogP contribution is -2.34. The van der Waals surface area contributed by atoms with Crippen LogP contribution in [0.15, 0.2) is 12.1 Å². The molecule has 0 atom stereocenters. The molecule has 0 aliphatic heterocycles. The van der Waals surface area contributed by atoms with Crippen molar-refractivity contribution in [2.24, 2.45) is 5.84 Å². The van der Waals surface area contributed by atoms with E-state index in [-0.39, 0.29) is 5.69 Å². The van der Waals surface area contributed by atoms with Crippen LogP contribution in [-0.2, 0) is 0 Å². The van der Waals surface area contributed by atoms with E-state index in [0.29, 0.717) is 17.7 Å². The zero-order valence-corrected chi connectivity index (χ0v) is 11.0. The van der Waals surface area contributed by atoms with Crippen LogP contribution < -0.4 is 16.2 Å². The molecule has 2 rings (SSSR count). The minimum absolute atomic E-state index is 0.0204. The Morgan fingerprint density at radius 3 is 2.68 bits per heavy atom. The van der Waals surface area contributed by atoms with Crippen LogP contribution >= 0.6 is 0 Å². The van der Waals surface area contributed by atoms with Gasteiger partial charge in [0.05, 0.1) is 4.92 Å². The molecule has 0 aromatic carbocycles. The van der Waals surface area contributed by atoms with Gasteiger partial charge in [-0.2, -0.15) is 0 Å². The minimum atomic E-state index is -0.401. The fraction of sp³-hybridized carbons (Fsp3) is 0.583. The number of nitrogens with two attached hydrogens (primary N) is 1. The van der Waals surface area contributed by atoms with E-state index in [9.17, 15) is 10.1 Å². The number of aromatic nitrogens is 1.